The van der Waals surface area contributed by atoms with Crippen LogP contribution in [0.4, 0.5) is 5.69 Å². The van der Waals surface area contributed by atoms with Crippen molar-refractivity contribution in [1.29, 1.82) is 0 Å². The standard InChI is InChI=1S/C18H21NO3S/c1-5-13-19(18-8-6-7-14(2)15(18)3)23(20,21)17-11-9-16(22-4)10-12-17/h5-12H,1,13H2,2-4H3. The van der Waals surface area contributed by atoms with Crippen LogP contribution in [0.15, 0.2) is 60.0 Å². The Labute approximate surface area is 138 Å². The first kappa shape index (κ1) is 17.1. The van der Waals surface area contributed by atoms with Crippen LogP contribution < -0.4 is 9.04 Å². The summed E-state index contributed by atoms with van der Waals surface area (Å²) in [5.41, 5.74) is 2.65. The highest BCUT2D eigenvalue weighted by Crippen LogP contribution is 2.29. The van der Waals surface area contributed by atoms with Crippen molar-refractivity contribution >= 4 is 15.7 Å². The summed E-state index contributed by atoms with van der Waals surface area (Å²) in [5, 5.41) is 0. The van der Waals surface area contributed by atoms with Crippen LogP contribution >= 0.6 is 0 Å². The number of hydrogen-bond donors (Lipinski definition) is 0. The van der Waals surface area contributed by atoms with Gasteiger partial charge in [-0.1, -0.05) is 18.2 Å². The molecule has 0 atom stereocenters. The maximum Gasteiger partial charge on any atom is 0.264 e. The van der Waals surface area contributed by atoms with Crippen molar-refractivity contribution in [3.8, 4) is 5.75 Å². The number of rotatable bonds is 6. The van der Waals surface area contributed by atoms with Gasteiger partial charge in [0.25, 0.3) is 10.0 Å². The van der Waals surface area contributed by atoms with Crippen molar-refractivity contribution in [1.82, 2.24) is 0 Å². The molecule has 5 heteroatoms. The minimum Gasteiger partial charge on any atom is -0.497 e. The van der Waals surface area contributed by atoms with Gasteiger partial charge in [-0.2, -0.15) is 0 Å². The van der Waals surface area contributed by atoms with E-state index < -0.39 is 10.0 Å². The molecule has 0 spiro atoms. The average Bonchev–Trinajstić information content (AvgIpc) is 2.55. The molecule has 0 aliphatic rings. The molecule has 0 N–H and O–H groups in total. The SMILES string of the molecule is C=CCN(c1cccc(C)c1C)S(=O)(=O)c1ccc(OC)cc1. The molecule has 0 heterocycles. The number of anilines is 1. The average molecular weight is 331 g/mol. The highest BCUT2D eigenvalue weighted by atomic mass is 32.2. The van der Waals surface area contributed by atoms with Crippen LogP contribution in [0.3, 0.4) is 0 Å². The van der Waals surface area contributed by atoms with E-state index in [9.17, 15) is 8.42 Å². The summed E-state index contributed by atoms with van der Waals surface area (Å²) in [6, 6.07) is 12.0. The van der Waals surface area contributed by atoms with Crippen LogP contribution in [0.5, 0.6) is 5.75 Å². The summed E-state index contributed by atoms with van der Waals surface area (Å²) in [4.78, 5) is 0.223. The van der Waals surface area contributed by atoms with Gasteiger partial charge in [-0.3, -0.25) is 4.31 Å². The molecule has 0 unspecified atom stereocenters. The lowest BCUT2D eigenvalue weighted by molar-refractivity contribution is 0.414. The zero-order valence-corrected chi connectivity index (χ0v) is 14.4. The Kier molecular flexibility index (Phi) is 5.11. The number of ether oxygens (including phenoxy) is 1. The van der Waals surface area contributed by atoms with Crippen molar-refractivity contribution in [2.24, 2.45) is 0 Å². The van der Waals surface area contributed by atoms with Gasteiger partial charge in [0.05, 0.1) is 24.2 Å². The van der Waals surface area contributed by atoms with Gasteiger partial charge in [-0.15, -0.1) is 6.58 Å². The topological polar surface area (TPSA) is 46.6 Å². The lowest BCUT2D eigenvalue weighted by Crippen LogP contribution is -2.31. The molecule has 2 rings (SSSR count). The normalized spacial score (nSPS) is 11.1. The zero-order chi connectivity index (χ0) is 17.0. The molecule has 4 nitrogen and oxygen atoms in total. The monoisotopic (exact) mass is 331 g/mol. The van der Waals surface area contributed by atoms with Crippen molar-refractivity contribution < 1.29 is 13.2 Å². The third-order valence-corrected chi connectivity index (χ3v) is 5.58. The summed E-state index contributed by atoms with van der Waals surface area (Å²) in [6.07, 6.45) is 1.59. The Bertz CT molecular complexity index is 796. The molecule has 0 radical (unpaired) electrons. The van der Waals surface area contributed by atoms with E-state index in [0.29, 0.717) is 11.4 Å². The van der Waals surface area contributed by atoms with Crippen LogP contribution in [0.1, 0.15) is 11.1 Å². The molecule has 23 heavy (non-hydrogen) atoms. The third-order valence-electron chi connectivity index (χ3n) is 3.79. The van der Waals surface area contributed by atoms with Gasteiger partial charge in [0.15, 0.2) is 0 Å². The van der Waals surface area contributed by atoms with Gasteiger partial charge in [0.2, 0.25) is 0 Å². The third kappa shape index (κ3) is 3.40. The quantitative estimate of drug-likeness (QED) is 0.758. The summed E-state index contributed by atoms with van der Waals surface area (Å²) < 4.78 is 32.5. The first-order valence-electron chi connectivity index (χ1n) is 7.25. The maximum atomic E-state index is 13.0. The number of methoxy groups -OCH3 is 1. The van der Waals surface area contributed by atoms with Crippen molar-refractivity contribution in [3.05, 3.63) is 66.2 Å². The summed E-state index contributed by atoms with van der Waals surface area (Å²) in [5.74, 6) is 0.617. The molecule has 0 amide bonds. The molecule has 0 aromatic heterocycles. The largest absolute Gasteiger partial charge is 0.497 e. The number of aryl methyl sites for hydroxylation is 1. The Balaban J connectivity index is 2.54. The van der Waals surface area contributed by atoms with Crippen molar-refractivity contribution in [3.63, 3.8) is 0 Å². The van der Waals surface area contributed by atoms with E-state index in [-0.39, 0.29) is 11.4 Å². The lowest BCUT2D eigenvalue weighted by Gasteiger charge is -2.25. The number of benzene rings is 2. The summed E-state index contributed by atoms with van der Waals surface area (Å²) >= 11 is 0. The van der Waals surface area contributed by atoms with Crippen LogP contribution in [0.25, 0.3) is 0 Å². The van der Waals surface area contributed by atoms with Gasteiger partial charge in [-0.05, 0) is 55.3 Å². The second kappa shape index (κ2) is 6.87. The van der Waals surface area contributed by atoms with Crippen molar-refractivity contribution in [2.45, 2.75) is 18.7 Å². The number of sulfonamides is 1. The van der Waals surface area contributed by atoms with E-state index in [4.69, 9.17) is 4.74 Å². The Morgan fingerprint density at radius 2 is 1.78 bits per heavy atom. The predicted molar refractivity (Wildman–Crippen MR) is 93.6 cm³/mol. The molecule has 2 aromatic carbocycles. The fourth-order valence-electron chi connectivity index (χ4n) is 2.32. The molecule has 0 aliphatic carbocycles. The van der Waals surface area contributed by atoms with E-state index >= 15 is 0 Å². The summed E-state index contributed by atoms with van der Waals surface area (Å²) in [6.45, 7) is 7.78. The van der Waals surface area contributed by atoms with Gasteiger partial charge in [-0.25, -0.2) is 8.42 Å². The van der Waals surface area contributed by atoms with Gasteiger partial charge in [0, 0.05) is 0 Å². The number of nitrogens with zero attached hydrogens (tertiary/aromatic N) is 1. The van der Waals surface area contributed by atoms with Crippen LogP contribution in [0, 0.1) is 13.8 Å². The van der Waals surface area contributed by atoms with Crippen LogP contribution in [-0.4, -0.2) is 22.1 Å². The highest BCUT2D eigenvalue weighted by molar-refractivity contribution is 7.92. The molecule has 0 bridgehead atoms. The zero-order valence-electron chi connectivity index (χ0n) is 13.6. The predicted octanol–water partition coefficient (Wildman–Crippen LogP) is 3.69. The molecule has 122 valence electrons. The first-order chi connectivity index (χ1) is 10.9. The van der Waals surface area contributed by atoms with E-state index in [0.717, 1.165) is 11.1 Å². The second-order valence-corrected chi connectivity index (χ2v) is 7.08. The van der Waals surface area contributed by atoms with E-state index in [2.05, 4.69) is 6.58 Å². The summed E-state index contributed by atoms with van der Waals surface area (Å²) in [7, 11) is -2.13. The van der Waals surface area contributed by atoms with E-state index in [1.165, 1.54) is 4.31 Å². The van der Waals surface area contributed by atoms with E-state index in [1.54, 1.807) is 37.5 Å². The molecular formula is C18H21NO3S. The van der Waals surface area contributed by atoms with Crippen molar-refractivity contribution in [2.75, 3.05) is 18.0 Å². The Morgan fingerprint density at radius 3 is 2.35 bits per heavy atom. The first-order valence-corrected chi connectivity index (χ1v) is 8.69. The highest BCUT2D eigenvalue weighted by Gasteiger charge is 2.25. The second-order valence-electron chi connectivity index (χ2n) is 5.22. The van der Waals surface area contributed by atoms with Crippen LogP contribution in [0.2, 0.25) is 0 Å². The molecule has 0 aliphatic heterocycles. The maximum absolute atomic E-state index is 13.0. The van der Waals surface area contributed by atoms with E-state index in [1.807, 2.05) is 32.0 Å². The Morgan fingerprint density at radius 1 is 1.13 bits per heavy atom. The minimum atomic E-state index is -3.67. The Hall–Kier alpha value is -2.27. The molecule has 0 saturated carbocycles. The molecule has 2 aromatic rings. The molecule has 0 saturated heterocycles. The number of hydrogen-bond acceptors (Lipinski definition) is 3. The smallest absolute Gasteiger partial charge is 0.264 e. The molecule has 0 fully saturated rings. The fraction of sp³-hybridized carbons (Fsp3) is 0.222. The lowest BCUT2D eigenvalue weighted by atomic mass is 10.1. The van der Waals surface area contributed by atoms with Gasteiger partial charge < -0.3 is 4.74 Å². The molecular weight excluding hydrogens is 310 g/mol. The fourth-order valence-corrected chi connectivity index (χ4v) is 3.82. The van der Waals surface area contributed by atoms with Gasteiger partial charge in [0.1, 0.15) is 5.75 Å². The minimum absolute atomic E-state index is 0.207. The van der Waals surface area contributed by atoms with Crippen LogP contribution in [-0.2, 0) is 10.0 Å². The van der Waals surface area contributed by atoms with Gasteiger partial charge >= 0.3 is 0 Å².